The molecular weight excluding hydrogens is 334 g/mol. The Kier molecular flexibility index (Phi) is 5.78. The highest BCUT2D eigenvalue weighted by atomic mass is 32.2. The molecule has 0 atom stereocenters. The van der Waals surface area contributed by atoms with Crippen molar-refractivity contribution in [1.29, 1.82) is 0 Å². The van der Waals surface area contributed by atoms with Crippen LogP contribution in [0.5, 0.6) is 0 Å². The van der Waals surface area contributed by atoms with Crippen LogP contribution in [0.1, 0.15) is 43.2 Å². The van der Waals surface area contributed by atoms with Gasteiger partial charge in [0.05, 0.1) is 0 Å². The van der Waals surface area contributed by atoms with Crippen LogP contribution in [0.4, 0.5) is 0 Å². The van der Waals surface area contributed by atoms with E-state index in [-0.39, 0.29) is 5.41 Å². The number of hydrogen-bond acceptors (Lipinski definition) is 3. The lowest BCUT2D eigenvalue weighted by atomic mass is 9.85. The van der Waals surface area contributed by atoms with Gasteiger partial charge in [-0.25, -0.2) is 4.99 Å². The summed E-state index contributed by atoms with van der Waals surface area (Å²) in [5.41, 5.74) is 10.4. The van der Waals surface area contributed by atoms with Crippen molar-refractivity contribution >= 4 is 34.1 Å². The molecular formula is C19H23N3S2. The molecule has 0 unspecified atom stereocenters. The summed E-state index contributed by atoms with van der Waals surface area (Å²) in [4.78, 5) is 9.83. The van der Waals surface area contributed by atoms with E-state index in [0.717, 1.165) is 10.5 Å². The Morgan fingerprint density at radius 1 is 1.17 bits per heavy atom. The molecule has 1 aromatic heterocycles. The molecule has 0 spiro atoms. The van der Waals surface area contributed by atoms with Gasteiger partial charge in [0.25, 0.3) is 0 Å². The third-order valence-corrected chi connectivity index (χ3v) is 4.73. The number of hydrogen-bond donors (Lipinski definition) is 1. The molecule has 0 saturated carbocycles. The number of aryl methyl sites for hydroxylation is 2. The second-order valence-corrected chi connectivity index (χ2v) is 8.52. The third-order valence-electron chi connectivity index (χ3n) is 3.62. The molecule has 126 valence electrons. The molecule has 2 aromatic rings. The first-order chi connectivity index (χ1) is 11.2. The van der Waals surface area contributed by atoms with E-state index in [1.54, 1.807) is 0 Å². The van der Waals surface area contributed by atoms with Crippen LogP contribution in [0.25, 0.3) is 0 Å². The van der Waals surface area contributed by atoms with E-state index in [4.69, 9.17) is 18.0 Å². The van der Waals surface area contributed by atoms with Gasteiger partial charge in [0.15, 0.2) is 10.2 Å². The molecule has 24 heavy (non-hydrogen) atoms. The summed E-state index contributed by atoms with van der Waals surface area (Å²) >= 11 is 6.75. The first-order valence-electron chi connectivity index (χ1n) is 7.77. The van der Waals surface area contributed by atoms with Crippen LogP contribution in [0.2, 0.25) is 0 Å². The smallest absolute Gasteiger partial charge is 0.166 e. The number of pyridine rings is 1. The SMILES string of the molecule is Cc1ccc(SC(=S)/N=C(\N)c2cc(C)c(C(C)(C)C)cn2)cc1. The fourth-order valence-corrected chi connectivity index (χ4v) is 3.37. The maximum absolute atomic E-state index is 6.09. The molecule has 0 radical (unpaired) electrons. The monoisotopic (exact) mass is 357 g/mol. The molecule has 3 nitrogen and oxygen atoms in total. The predicted molar refractivity (Wildman–Crippen MR) is 108 cm³/mol. The van der Waals surface area contributed by atoms with Gasteiger partial charge in [0, 0.05) is 11.1 Å². The fourth-order valence-electron chi connectivity index (χ4n) is 2.37. The summed E-state index contributed by atoms with van der Waals surface area (Å²) in [5.74, 6) is 0.350. The zero-order chi connectivity index (χ0) is 17.9. The number of amidine groups is 1. The molecule has 1 heterocycles. The number of nitrogens with zero attached hydrogens (tertiary/aromatic N) is 2. The lowest BCUT2D eigenvalue weighted by Gasteiger charge is -2.21. The number of rotatable bonds is 2. The Bertz CT molecular complexity index is 772. The second kappa shape index (κ2) is 7.45. The van der Waals surface area contributed by atoms with Crippen molar-refractivity contribution in [2.45, 2.75) is 44.9 Å². The number of nitrogens with two attached hydrogens (primary N) is 1. The van der Waals surface area contributed by atoms with Gasteiger partial charge in [0.1, 0.15) is 5.69 Å². The average molecular weight is 358 g/mol. The Labute approximate surface area is 153 Å². The van der Waals surface area contributed by atoms with Gasteiger partial charge in [0.2, 0.25) is 0 Å². The molecule has 1 aromatic carbocycles. The number of aromatic nitrogens is 1. The number of benzene rings is 1. The van der Waals surface area contributed by atoms with Gasteiger partial charge in [-0.1, -0.05) is 62.4 Å². The van der Waals surface area contributed by atoms with Crippen molar-refractivity contribution < 1.29 is 0 Å². The molecule has 2 rings (SSSR count). The normalized spacial score (nSPS) is 12.3. The van der Waals surface area contributed by atoms with Gasteiger partial charge in [-0.2, -0.15) is 0 Å². The van der Waals surface area contributed by atoms with Crippen LogP contribution in [0, 0.1) is 13.8 Å². The van der Waals surface area contributed by atoms with Crippen LogP contribution >= 0.6 is 24.0 Å². The minimum atomic E-state index is 0.0537. The third kappa shape index (κ3) is 4.89. The highest BCUT2D eigenvalue weighted by Gasteiger charge is 2.17. The molecule has 0 saturated heterocycles. The summed E-state index contributed by atoms with van der Waals surface area (Å²) in [7, 11) is 0. The van der Waals surface area contributed by atoms with Crippen molar-refractivity contribution in [1.82, 2.24) is 4.98 Å². The van der Waals surface area contributed by atoms with Crippen LogP contribution in [0.15, 0.2) is 46.4 Å². The van der Waals surface area contributed by atoms with E-state index in [1.165, 1.54) is 22.9 Å². The van der Waals surface area contributed by atoms with E-state index >= 15 is 0 Å². The zero-order valence-electron chi connectivity index (χ0n) is 14.8. The van der Waals surface area contributed by atoms with Gasteiger partial charge >= 0.3 is 0 Å². The van der Waals surface area contributed by atoms with Crippen molar-refractivity contribution in [3.05, 3.63) is 58.9 Å². The molecule has 0 aliphatic rings. The summed E-state index contributed by atoms with van der Waals surface area (Å²) in [6.45, 7) is 10.6. The summed E-state index contributed by atoms with van der Waals surface area (Å²) in [5, 5.41) is 0. The summed E-state index contributed by atoms with van der Waals surface area (Å²) in [6.07, 6.45) is 1.88. The van der Waals surface area contributed by atoms with Gasteiger partial charge in [-0.05, 0) is 48.6 Å². The molecule has 0 aliphatic carbocycles. The Hall–Kier alpha value is -1.72. The lowest BCUT2D eigenvalue weighted by Crippen LogP contribution is -2.19. The maximum Gasteiger partial charge on any atom is 0.166 e. The molecule has 0 amide bonds. The van der Waals surface area contributed by atoms with E-state index in [9.17, 15) is 0 Å². The fraction of sp³-hybridized carbons (Fsp3) is 0.316. The highest BCUT2D eigenvalue weighted by molar-refractivity contribution is 8.23. The van der Waals surface area contributed by atoms with E-state index < -0.39 is 0 Å². The van der Waals surface area contributed by atoms with Crippen molar-refractivity contribution in [3.63, 3.8) is 0 Å². The topological polar surface area (TPSA) is 51.3 Å². The maximum atomic E-state index is 6.09. The molecule has 0 bridgehead atoms. The van der Waals surface area contributed by atoms with Gasteiger partial charge in [-0.15, -0.1) is 0 Å². The molecule has 0 aliphatic heterocycles. The Morgan fingerprint density at radius 3 is 2.33 bits per heavy atom. The summed E-state index contributed by atoms with van der Waals surface area (Å²) < 4.78 is 0.482. The van der Waals surface area contributed by atoms with Crippen molar-refractivity contribution in [3.8, 4) is 0 Å². The molecule has 2 N–H and O–H groups in total. The van der Waals surface area contributed by atoms with Crippen LogP contribution in [-0.4, -0.2) is 15.1 Å². The number of thioether (sulfide) groups is 1. The van der Waals surface area contributed by atoms with E-state index in [2.05, 4.69) is 44.6 Å². The Morgan fingerprint density at radius 2 is 1.79 bits per heavy atom. The van der Waals surface area contributed by atoms with E-state index in [0.29, 0.717) is 15.9 Å². The first-order valence-corrected chi connectivity index (χ1v) is 8.99. The zero-order valence-corrected chi connectivity index (χ0v) is 16.4. The number of thiocarbonyl (C=S) groups is 1. The molecule has 5 heteroatoms. The second-order valence-electron chi connectivity index (χ2n) is 6.81. The first kappa shape index (κ1) is 18.6. The quantitative estimate of drug-likeness (QED) is 0.364. The lowest BCUT2D eigenvalue weighted by molar-refractivity contribution is 0.583. The predicted octanol–water partition coefficient (Wildman–Crippen LogP) is 4.78. The van der Waals surface area contributed by atoms with Crippen LogP contribution < -0.4 is 5.73 Å². The highest BCUT2D eigenvalue weighted by Crippen LogP contribution is 2.25. The number of aliphatic imine (C=N–C) groups is 1. The van der Waals surface area contributed by atoms with Gasteiger partial charge < -0.3 is 5.73 Å². The van der Waals surface area contributed by atoms with Crippen LogP contribution in [0.3, 0.4) is 0 Å². The Balaban J connectivity index is 2.16. The standard InChI is InChI=1S/C19H23N3S2/c1-12-6-8-14(9-7-12)24-18(23)22-17(20)16-10-13(2)15(11-21-16)19(3,4)5/h6-11H,1-5H3,(H2,20,22,23). The minimum Gasteiger partial charge on any atom is -0.382 e. The van der Waals surface area contributed by atoms with E-state index in [1.807, 2.05) is 36.5 Å². The van der Waals surface area contributed by atoms with Crippen molar-refractivity contribution in [2.24, 2.45) is 10.7 Å². The largest absolute Gasteiger partial charge is 0.382 e. The van der Waals surface area contributed by atoms with Gasteiger partial charge in [-0.3, -0.25) is 4.98 Å². The summed E-state index contributed by atoms with van der Waals surface area (Å²) in [6, 6.07) is 10.1. The van der Waals surface area contributed by atoms with Crippen LogP contribution in [-0.2, 0) is 5.41 Å². The average Bonchev–Trinajstić information content (AvgIpc) is 2.48. The minimum absolute atomic E-state index is 0.0537. The molecule has 0 fully saturated rings. The van der Waals surface area contributed by atoms with Crippen molar-refractivity contribution in [2.75, 3.05) is 0 Å².